The van der Waals surface area contributed by atoms with Gasteiger partial charge in [0.1, 0.15) is 0 Å². The molecule has 21 heavy (non-hydrogen) atoms. The smallest absolute Gasteiger partial charge is 0.311 e. The van der Waals surface area contributed by atoms with Crippen LogP contribution in [0.4, 0.5) is 11.4 Å². The van der Waals surface area contributed by atoms with Gasteiger partial charge in [0.15, 0.2) is 5.75 Å². The molecule has 0 amide bonds. The molecular formula is C15H23N3O3. The molecule has 1 aliphatic rings. The van der Waals surface area contributed by atoms with Crippen molar-refractivity contribution in [3.05, 3.63) is 28.3 Å². The molecule has 1 aliphatic carbocycles. The standard InChI is InChI=1S/C15H23N3O3/c1-3-21-15-10-13(8-9-14(15)18(19)20)17(2)12-6-4-11(16)5-7-12/h8-12H,3-7,16H2,1-2H3. The van der Waals surface area contributed by atoms with E-state index in [0.29, 0.717) is 24.4 Å². The number of nitrogens with two attached hydrogens (primary N) is 1. The molecule has 0 heterocycles. The Morgan fingerprint density at radius 2 is 2.05 bits per heavy atom. The topological polar surface area (TPSA) is 81.6 Å². The van der Waals surface area contributed by atoms with Crippen LogP contribution in [0.3, 0.4) is 0 Å². The Balaban J connectivity index is 2.19. The van der Waals surface area contributed by atoms with Gasteiger partial charge in [-0.1, -0.05) is 0 Å². The van der Waals surface area contributed by atoms with Gasteiger partial charge in [-0.25, -0.2) is 0 Å². The highest BCUT2D eigenvalue weighted by Crippen LogP contribution is 2.33. The van der Waals surface area contributed by atoms with Crippen LogP contribution in [0.25, 0.3) is 0 Å². The van der Waals surface area contributed by atoms with Crippen molar-refractivity contribution >= 4 is 11.4 Å². The van der Waals surface area contributed by atoms with Gasteiger partial charge in [0, 0.05) is 37.0 Å². The summed E-state index contributed by atoms with van der Waals surface area (Å²) < 4.78 is 5.41. The van der Waals surface area contributed by atoms with E-state index in [9.17, 15) is 10.1 Å². The zero-order valence-electron chi connectivity index (χ0n) is 12.6. The Labute approximate surface area is 125 Å². The number of hydrogen-bond donors (Lipinski definition) is 1. The maximum atomic E-state index is 11.0. The molecule has 1 saturated carbocycles. The first kappa shape index (κ1) is 15.6. The third-order valence-corrected chi connectivity index (χ3v) is 4.14. The Kier molecular flexibility index (Phi) is 5.01. The van der Waals surface area contributed by atoms with Crippen molar-refractivity contribution < 1.29 is 9.66 Å². The first-order valence-electron chi connectivity index (χ1n) is 7.42. The van der Waals surface area contributed by atoms with Gasteiger partial charge in [-0.15, -0.1) is 0 Å². The van der Waals surface area contributed by atoms with Gasteiger partial charge in [0.25, 0.3) is 0 Å². The minimum Gasteiger partial charge on any atom is -0.487 e. The molecule has 2 rings (SSSR count). The van der Waals surface area contributed by atoms with E-state index in [2.05, 4.69) is 4.90 Å². The zero-order valence-corrected chi connectivity index (χ0v) is 12.6. The molecule has 0 atom stereocenters. The molecule has 2 N–H and O–H groups in total. The van der Waals surface area contributed by atoms with Crippen LogP contribution in [-0.2, 0) is 0 Å². The van der Waals surface area contributed by atoms with Gasteiger partial charge in [0.2, 0.25) is 0 Å². The number of hydrogen-bond acceptors (Lipinski definition) is 5. The van der Waals surface area contributed by atoms with E-state index in [1.165, 1.54) is 6.07 Å². The van der Waals surface area contributed by atoms with Gasteiger partial charge in [-0.2, -0.15) is 0 Å². The number of rotatable bonds is 5. The predicted octanol–water partition coefficient (Wildman–Crippen LogP) is 2.70. The molecule has 0 aliphatic heterocycles. The molecular weight excluding hydrogens is 270 g/mol. The van der Waals surface area contributed by atoms with Crippen molar-refractivity contribution in [3.8, 4) is 5.75 Å². The second kappa shape index (κ2) is 6.76. The molecule has 0 spiro atoms. The highest BCUT2D eigenvalue weighted by molar-refractivity contribution is 5.59. The molecule has 0 bridgehead atoms. The van der Waals surface area contributed by atoms with E-state index in [1.807, 2.05) is 14.0 Å². The predicted molar refractivity (Wildman–Crippen MR) is 82.9 cm³/mol. The van der Waals surface area contributed by atoms with Gasteiger partial charge in [-0.3, -0.25) is 10.1 Å². The van der Waals surface area contributed by atoms with Gasteiger partial charge >= 0.3 is 5.69 Å². The normalized spacial score (nSPS) is 21.9. The first-order valence-corrected chi connectivity index (χ1v) is 7.42. The number of anilines is 1. The second-order valence-corrected chi connectivity index (χ2v) is 5.52. The lowest BCUT2D eigenvalue weighted by Crippen LogP contribution is -2.38. The summed E-state index contributed by atoms with van der Waals surface area (Å²) in [5, 5.41) is 11.0. The van der Waals surface area contributed by atoms with Crippen LogP contribution in [0, 0.1) is 10.1 Å². The van der Waals surface area contributed by atoms with Gasteiger partial charge in [0.05, 0.1) is 11.5 Å². The molecule has 116 valence electrons. The Morgan fingerprint density at radius 1 is 1.38 bits per heavy atom. The molecule has 1 aromatic carbocycles. The number of benzene rings is 1. The fourth-order valence-electron chi connectivity index (χ4n) is 2.84. The van der Waals surface area contributed by atoms with Crippen LogP contribution in [-0.4, -0.2) is 30.7 Å². The van der Waals surface area contributed by atoms with E-state index in [4.69, 9.17) is 10.5 Å². The fourth-order valence-corrected chi connectivity index (χ4v) is 2.84. The number of ether oxygens (including phenoxy) is 1. The number of nitrogens with zero attached hydrogens (tertiary/aromatic N) is 2. The number of nitro benzene ring substituents is 1. The van der Waals surface area contributed by atoms with Crippen molar-refractivity contribution in [1.29, 1.82) is 0 Å². The van der Waals surface area contributed by atoms with Crippen molar-refractivity contribution in [2.24, 2.45) is 5.73 Å². The van der Waals surface area contributed by atoms with Crippen molar-refractivity contribution in [2.75, 3.05) is 18.6 Å². The van der Waals surface area contributed by atoms with E-state index >= 15 is 0 Å². The van der Waals surface area contributed by atoms with Crippen LogP contribution in [0.15, 0.2) is 18.2 Å². The van der Waals surface area contributed by atoms with E-state index in [-0.39, 0.29) is 5.69 Å². The van der Waals surface area contributed by atoms with Crippen molar-refractivity contribution in [1.82, 2.24) is 0 Å². The monoisotopic (exact) mass is 293 g/mol. The van der Waals surface area contributed by atoms with Crippen LogP contribution in [0.1, 0.15) is 32.6 Å². The molecule has 1 aromatic rings. The molecule has 1 fully saturated rings. The SMILES string of the molecule is CCOc1cc(N(C)C2CCC(N)CC2)ccc1[N+](=O)[O-]. The minimum atomic E-state index is -0.408. The molecule has 0 radical (unpaired) electrons. The van der Waals surface area contributed by atoms with Gasteiger partial charge < -0.3 is 15.4 Å². The van der Waals surface area contributed by atoms with Crippen molar-refractivity contribution in [2.45, 2.75) is 44.7 Å². The maximum Gasteiger partial charge on any atom is 0.311 e. The highest BCUT2D eigenvalue weighted by Gasteiger charge is 2.24. The summed E-state index contributed by atoms with van der Waals surface area (Å²) in [7, 11) is 2.03. The largest absolute Gasteiger partial charge is 0.487 e. The van der Waals surface area contributed by atoms with Gasteiger partial charge in [-0.05, 0) is 38.7 Å². The summed E-state index contributed by atoms with van der Waals surface area (Å²) in [5.74, 6) is 0.333. The van der Waals surface area contributed by atoms with Crippen LogP contribution in [0.2, 0.25) is 0 Å². The van der Waals surface area contributed by atoms with Crippen LogP contribution < -0.4 is 15.4 Å². The lowest BCUT2D eigenvalue weighted by Gasteiger charge is -2.35. The van der Waals surface area contributed by atoms with Crippen LogP contribution in [0.5, 0.6) is 5.75 Å². The summed E-state index contributed by atoms with van der Waals surface area (Å²) in [5.41, 5.74) is 6.90. The van der Waals surface area contributed by atoms with E-state index in [0.717, 1.165) is 31.4 Å². The molecule has 0 unspecified atom stereocenters. The summed E-state index contributed by atoms with van der Waals surface area (Å²) >= 11 is 0. The average Bonchev–Trinajstić information content (AvgIpc) is 2.47. The Hall–Kier alpha value is -1.82. The molecule has 6 nitrogen and oxygen atoms in total. The molecule has 6 heteroatoms. The molecule has 0 saturated heterocycles. The summed E-state index contributed by atoms with van der Waals surface area (Å²) in [6.45, 7) is 2.23. The lowest BCUT2D eigenvalue weighted by molar-refractivity contribution is -0.385. The maximum absolute atomic E-state index is 11.0. The Bertz CT molecular complexity index is 499. The highest BCUT2D eigenvalue weighted by atomic mass is 16.6. The minimum absolute atomic E-state index is 0.0136. The number of nitro groups is 1. The average molecular weight is 293 g/mol. The summed E-state index contributed by atoms with van der Waals surface area (Å²) in [4.78, 5) is 12.8. The van der Waals surface area contributed by atoms with Crippen LogP contribution >= 0.6 is 0 Å². The summed E-state index contributed by atoms with van der Waals surface area (Å²) in [6, 6.07) is 5.81. The summed E-state index contributed by atoms with van der Waals surface area (Å²) in [6.07, 6.45) is 4.16. The van der Waals surface area contributed by atoms with E-state index < -0.39 is 4.92 Å². The third-order valence-electron chi connectivity index (χ3n) is 4.14. The lowest BCUT2D eigenvalue weighted by atomic mass is 9.91. The second-order valence-electron chi connectivity index (χ2n) is 5.52. The molecule has 0 aromatic heterocycles. The fraction of sp³-hybridized carbons (Fsp3) is 0.600. The third kappa shape index (κ3) is 3.64. The zero-order chi connectivity index (χ0) is 15.4. The quantitative estimate of drug-likeness (QED) is 0.666. The first-order chi connectivity index (χ1) is 10.0. The van der Waals surface area contributed by atoms with E-state index in [1.54, 1.807) is 12.1 Å². The van der Waals surface area contributed by atoms with Crippen molar-refractivity contribution in [3.63, 3.8) is 0 Å². The Morgan fingerprint density at radius 3 is 2.62 bits per heavy atom.